The van der Waals surface area contributed by atoms with Crippen LogP contribution < -0.4 is 0 Å². The van der Waals surface area contributed by atoms with E-state index in [0.717, 1.165) is 10.9 Å². The maximum atomic E-state index is 9.97. The third-order valence-corrected chi connectivity index (χ3v) is 4.02. The molecule has 0 aliphatic rings. The van der Waals surface area contributed by atoms with Crippen molar-refractivity contribution < 1.29 is 10.2 Å². The highest BCUT2D eigenvalue weighted by Gasteiger charge is 2.08. The maximum absolute atomic E-state index is 9.97. The number of rotatable bonds is 6. The highest BCUT2D eigenvalue weighted by atomic mass is 32.2. The lowest BCUT2D eigenvalue weighted by molar-refractivity contribution is 0.280. The Balaban J connectivity index is 1.95. The van der Waals surface area contributed by atoms with Gasteiger partial charge in [-0.3, -0.25) is 9.98 Å². The highest BCUT2D eigenvalue weighted by molar-refractivity contribution is 7.99. The van der Waals surface area contributed by atoms with Gasteiger partial charge in [-0.2, -0.15) is 0 Å². The van der Waals surface area contributed by atoms with Crippen LogP contribution in [-0.2, 0) is 13.7 Å². The number of thioether (sulfide) groups is 1. The van der Waals surface area contributed by atoms with Gasteiger partial charge in [-0.15, -0.1) is 0 Å². The van der Waals surface area contributed by atoms with Crippen LogP contribution in [0.3, 0.4) is 0 Å². The molecule has 2 rings (SSSR count). The molecule has 2 aromatic heterocycles. The van der Waals surface area contributed by atoms with E-state index in [0.29, 0.717) is 23.4 Å². The predicted octanol–water partition coefficient (Wildman–Crippen LogP) is 1.53. The fourth-order valence-electron chi connectivity index (χ4n) is 1.76. The molecular formula is C14H18N4O2S. The molecule has 0 unspecified atom stereocenters. The Morgan fingerprint density at radius 2 is 2.24 bits per heavy atom. The van der Waals surface area contributed by atoms with Crippen LogP contribution in [0.2, 0.25) is 0 Å². The van der Waals surface area contributed by atoms with Crippen molar-refractivity contribution in [2.45, 2.75) is 18.7 Å². The first-order chi connectivity index (χ1) is 10.1. The summed E-state index contributed by atoms with van der Waals surface area (Å²) in [6.07, 6.45) is 6.81. The molecule has 112 valence electrons. The van der Waals surface area contributed by atoms with E-state index in [4.69, 9.17) is 0 Å². The molecule has 0 atom stereocenters. The molecule has 0 aromatic carbocycles. The summed E-state index contributed by atoms with van der Waals surface area (Å²) < 4.78 is 1.95. The fraction of sp³-hybridized carbons (Fsp3) is 0.357. The molecule has 6 nitrogen and oxygen atoms in total. The van der Waals surface area contributed by atoms with Crippen LogP contribution >= 0.6 is 11.8 Å². The average Bonchev–Trinajstić information content (AvgIpc) is 2.88. The Morgan fingerprint density at radius 1 is 1.43 bits per heavy atom. The summed E-state index contributed by atoms with van der Waals surface area (Å²) >= 11 is 1.62. The molecule has 0 saturated heterocycles. The molecule has 2 N–H and O–H groups in total. The molecule has 2 aromatic rings. The van der Waals surface area contributed by atoms with Crippen LogP contribution in [-0.4, -0.2) is 43.3 Å². The number of hydrogen-bond donors (Lipinski definition) is 2. The first-order valence-electron chi connectivity index (χ1n) is 6.51. The lowest BCUT2D eigenvalue weighted by atomic mass is 10.1. The molecule has 0 radical (unpaired) electrons. The van der Waals surface area contributed by atoms with E-state index < -0.39 is 0 Å². The van der Waals surface area contributed by atoms with Crippen LogP contribution in [0.5, 0.6) is 5.75 Å². The summed E-state index contributed by atoms with van der Waals surface area (Å²) in [5, 5.41) is 20.2. The van der Waals surface area contributed by atoms with E-state index >= 15 is 0 Å². The monoisotopic (exact) mass is 306 g/mol. The fourth-order valence-corrected chi connectivity index (χ4v) is 2.54. The van der Waals surface area contributed by atoms with E-state index in [1.807, 2.05) is 17.8 Å². The van der Waals surface area contributed by atoms with Crippen molar-refractivity contribution in [2.24, 2.45) is 12.0 Å². The quantitative estimate of drug-likeness (QED) is 0.480. The van der Waals surface area contributed by atoms with Gasteiger partial charge in [0.1, 0.15) is 5.75 Å². The number of nitrogens with zero attached hydrogens (tertiary/aromatic N) is 4. The Labute approximate surface area is 127 Å². The molecule has 0 fully saturated rings. The highest BCUT2D eigenvalue weighted by Crippen LogP contribution is 2.22. The molecule has 0 saturated carbocycles. The number of pyridine rings is 1. The summed E-state index contributed by atoms with van der Waals surface area (Å²) in [7, 11) is 1.95. The SMILES string of the molecule is Cc1ncc(CO)c(C=NCCSc2nccn2C)c1O. The smallest absolute Gasteiger partial charge is 0.167 e. The standard InChI is InChI=1S/C14H18N4O2S/c1-10-13(20)12(11(9-19)7-17-10)8-15-4-6-21-14-16-3-5-18(14)2/h3,5,7-8,19-20H,4,6,9H2,1-2H3. The van der Waals surface area contributed by atoms with Crippen molar-refractivity contribution in [3.8, 4) is 5.75 Å². The van der Waals surface area contributed by atoms with Crippen molar-refractivity contribution >= 4 is 18.0 Å². The molecule has 0 aliphatic heterocycles. The molecule has 21 heavy (non-hydrogen) atoms. The van der Waals surface area contributed by atoms with Gasteiger partial charge < -0.3 is 14.8 Å². The van der Waals surface area contributed by atoms with Crippen LogP contribution in [0.1, 0.15) is 16.8 Å². The van der Waals surface area contributed by atoms with Crippen molar-refractivity contribution in [3.05, 3.63) is 35.4 Å². The summed E-state index contributed by atoms with van der Waals surface area (Å²) in [5.41, 5.74) is 1.63. The lowest BCUT2D eigenvalue weighted by Crippen LogP contribution is -1.99. The van der Waals surface area contributed by atoms with Crippen molar-refractivity contribution in [2.75, 3.05) is 12.3 Å². The topological polar surface area (TPSA) is 83.5 Å². The number of aryl methyl sites for hydroxylation is 2. The zero-order chi connectivity index (χ0) is 15.2. The summed E-state index contributed by atoms with van der Waals surface area (Å²) in [6.45, 7) is 2.14. The average molecular weight is 306 g/mol. The summed E-state index contributed by atoms with van der Waals surface area (Å²) in [6, 6.07) is 0. The minimum absolute atomic E-state index is 0.0713. The molecule has 0 spiro atoms. The molecule has 0 bridgehead atoms. The second-order valence-electron chi connectivity index (χ2n) is 4.49. The molecule has 7 heteroatoms. The van der Waals surface area contributed by atoms with Crippen LogP contribution in [0.15, 0.2) is 28.7 Å². The van der Waals surface area contributed by atoms with Crippen molar-refractivity contribution in [1.82, 2.24) is 14.5 Å². The predicted molar refractivity (Wildman–Crippen MR) is 83.0 cm³/mol. The maximum Gasteiger partial charge on any atom is 0.167 e. The Kier molecular flexibility index (Phi) is 5.35. The van der Waals surface area contributed by atoms with E-state index in [1.165, 1.54) is 0 Å². The van der Waals surface area contributed by atoms with Gasteiger partial charge in [0.05, 0.1) is 12.3 Å². The van der Waals surface area contributed by atoms with E-state index in [1.54, 1.807) is 37.3 Å². The second kappa shape index (κ2) is 7.24. The van der Waals surface area contributed by atoms with Gasteiger partial charge in [0.25, 0.3) is 0 Å². The number of aromatic nitrogens is 3. The first kappa shape index (κ1) is 15.5. The number of hydrogen-bond acceptors (Lipinski definition) is 6. The third kappa shape index (κ3) is 3.83. The number of imidazole rings is 1. The lowest BCUT2D eigenvalue weighted by Gasteiger charge is -2.06. The Bertz CT molecular complexity index is 640. The van der Waals surface area contributed by atoms with Crippen molar-refractivity contribution in [3.63, 3.8) is 0 Å². The van der Waals surface area contributed by atoms with Gasteiger partial charge in [-0.1, -0.05) is 11.8 Å². The number of aromatic hydroxyl groups is 1. The first-order valence-corrected chi connectivity index (χ1v) is 7.50. The van der Waals surface area contributed by atoms with Gasteiger partial charge in [0, 0.05) is 55.3 Å². The number of aliphatic imine (C=N–C) groups is 1. The van der Waals surface area contributed by atoms with Gasteiger partial charge >= 0.3 is 0 Å². The Morgan fingerprint density at radius 3 is 2.90 bits per heavy atom. The van der Waals surface area contributed by atoms with Crippen LogP contribution in [0.4, 0.5) is 0 Å². The third-order valence-electron chi connectivity index (χ3n) is 2.98. The van der Waals surface area contributed by atoms with Gasteiger partial charge in [0.15, 0.2) is 5.16 Å². The van der Waals surface area contributed by atoms with E-state index in [9.17, 15) is 10.2 Å². The zero-order valence-electron chi connectivity index (χ0n) is 12.0. The zero-order valence-corrected chi connectivity index (χ0v) is 12.8. The minimum Gasteiger partial charge on any atom is -0.505 e. The molecule has 2 heterocycles. The van der Waals surface area contributed by atoms with E-state index in [2.05, 4.69) is 15.0 Å². The molecule has 0 amide bonds. The van der Waals surface area contributed by atoms with Gasteiger partial charge in [0.2, 0.25) is 0 Å². The molecule has 0 aliphatic carbocycles. The summed E-state index contributed by atoms with van der Waals surface area (Å²) in [5.74, 6) is 0.864. The minimum atomic E-state index is -0.176. The number of aliphatic hydroxyl groups excluding tert-OH is 1. The van der Waals surface area contributed by atoms with Gasteiger partial charge in [-0.05, 0) is 6.92 Å². The van der Waals surface area contributed by atoms with Gasteiger partial charge in [-0.25, -0.2) is 4.98 Å². The molecular weight excluding hydrogens is 288 g/mol. The van der Waals surface area contributed by atoms with E-state index in [-0.39, 0.29) is 12.4 Å². The van der Waals surface area contributed by atoms with Crippen LogP contribution in [0, 0.1) is 6.92 Å². The Hall–Kier alpha value is -1.86. The number of aliphatic hydroxyl groups is 1. The largest absolute Gasteiger partial charge is 0.505 e. The summed E-state index contributed by atoms with van der Waals surface area (Å²) in [4.78, 5) is 12.5. The van der Waals surface area contributed by atoms with Crippen LogP contribution in [0.25, 0.3) is 0 Å². The van der Waals surface area contributed by atoms with Crippen molar-refractivity contribution in [1.29, 1.82) is 0 Å². The normalized spacial score (nSPS) is 11.4. The second-order valence-corrected chi connectivity index (χ2v) is 5.56.